The van der Waals surface area contributed by atoms with Gasteiger partial charge in [0.05, 0.1) is 6.04 Å². The largest absolute Gasteiger partial charge is 0.486 e. The lowest BCUT2D eigenvalue weighted by atomic mass is 10.1. The molecule has 2 aromatic rings. The van der Waals surface area contributed by atoms with Gasteiger partial charge in [-0.3, -0.25) is 9.59 Å². The number of rotatable bonds is 5. The minimum Gasteiger partial charge on any atom is -0.486 e. The number of halogens is 1. The Kier molecular flexibility index (Phi) is 6.10. The molecular weight excluding hydrogens is 365 g/mol. The maximum Gasteiger partial charge on any atom is 0.313 e. The van der Waals surface area contributed by atoms with Crippen molar-refractivity contribution >= 4 is 17.5 Å². The van der Waals surface area contributed by atoms with Gasteiger partial charge in [0.15, 0.2) is 11.5 Å². The fourth-order valence-electron chi connectivity index (χ4n) is 2.86. The molecule has 0 fully saturated rings. The van der Waals surface area contributed by atoms with E-state index in [9.17, 15) is 14.0 Å². The molecule has 28 heavy (non-hydrogen) atoms. The van der Waals surface area contributed by atoms with Gasteiger partial charge in [0, 0.05) is 18.3 Å². The van der Waals surface area contributed by atoms with E-state index in [0.717, 1.165) is 5.56 Å². The Hall–Kier alpha value is -3.13. The summed E-state index contributed by atoms with van der Waals surface area (Å²) in [5.74, 6) is -0.753. The van der Waals surface area contributed by atoms with Crippen molar-refractivity contribution in [3.63, 3.8) is 0 Å². The SMILES string of the molecule is CN(C)C(CNC(=O)C(=O)Nc1ccc2c(c1)OCCO2)c1ccc(F)cc1. The normalized spacial score (nSPS) is 13.7. The Balaban J connectivity index is 1.58. The van der Waals surface area contributed by atoms with Crippen molar-refractivity contribution in [3.05, 3.63) is 53.8 Å². The van der Waals surface area contributed by atoms with Crippen LogP contribution in [0.15, 0.2) is 42.5 Å². The van der Waals surface area contributed by atoms with Crippen LogP contribution in [0.4, 0.5) is 10.1 Å². The van der Waals surface area contributed by atoms with E-state index in [2.05, 4.69) is 10.6 Å². The molecule has 0 saturated carbocycles. The smallest absolute Gasteiger partial charge is 0.313 e. The molecule has 0 radical (unpaired) electrons. The third-order valence-corrected chi connectivity index (χ3v) is 4.34. The van der Waals surface area contributed by atoms with Crippen molar-refractivity contribution in [1.82, 2.24) is 10.2 Å². The number of benzene rings is 2. The van der Waals surface area contributed by atoms with E-state index >= 15 is 0 Å². The molecule has 148 valence electrons. The summed E-state index contributed by atoms with van der Waals surface area (Å²) in [6.07, 6.45) is 0. The number of ether oxygens (including phenoxy) is 2. The highest BCUT2D eigenvalue weighted by Gasteiger charge is 2.20. The topological polar surface area (TPSA) is 79.9 Å². The van der Waals surface area contributed by atoms with Crippen molar-refractivity contribution < 1.29 is 23.5 Å². The predicted molar refractivity (Wildman–Crippen MR) is 102 cm³/mol. The molecule has 1 atom stereocenters. The van der Waals surface area contributed by atoms with Crippen molar-refractivity contribution in [1.29, 1.82) is 0 Å². The van der Waals surface area contributed by atoms with Crippen LogP contribution in [0.1, 0.15) is 11.6 Å². The lowest BCUT2D eigenvalue weighted by molar-refractivity contribution is -0.136. The first-order valence-electron chi connectivity index (χ1n) is 8.85. The zero-order valence-corrected chi connectivity index (χ0v) is 15.7. The molecule has 0 spiro atoms. The molecule has 1 unspecified atom stereocenters. The van der Waals surface area contributed by atoms with Crippen LogP contribution in [-0.4, -0.2) is 50.6 Å². The van der Waals surface area contributed by atoms with E-state index in [4.69, 9.17) is 9.47 Å². The van der Waals surface area contributed by atoms with Crippen LogP contribution < -0.4 is 20.1 Å². The number of amides is 2. The van der Waals surface area contributed by atoms with Gasteiger partial charge >= 0.3 is 11.8 Å². The summed E-state index contributed by atoms with van der Waals surface area (Å²) in [5, 5.41) is 5.16. The first-order chi connectivity index (χ1) is 13.4. The van der Waals surface area contributed by atoms with Gasteiger partial charge in [-0.2, -0.15) is 0 Å². The maximum atomic E-state index is 13.1. The fraction of sp³-hybridized carbons (Fsp3) is 0.300. The van der Waals surface area contributed by atoms with Crippen molar-refractivity contribution in [2.45, 2.75) is 6.04 Å². The molecule has 3 rings (SSSR count). The Morgan fingerprint density at radius 1 is 1.04 bits per heavy atom. The first-order valence-corrected chi connectivity index (χ1v) is 8.85. The Bertz CT molecular complexity index is 855. The number of nitrogens with zero attached hydrogens (tertiary/aromatic N) is 1. The van der Waals surface area contributed by atoms with Crippen molar-refractivity contribution in [2.24, 2.45) is 0 Å². The van der Waals surface area contributed by atoms with E-state index in [-0.39, 0.29) is 18.4 Å². The molecule has 2 aromatic carbocycles. The minimum atomic E-state index is -0.784. The van der Waals surface area contributed by atoms with Gasteiger partial charge in [-0.05, 0) is 43.9 Å². The van der Waals surface area contributed by atoms with E-state index in [1.807, 2.05) is 19.0 Å². The highest BCUT2D eigenvalue weighted by molar-refractivity contribution is 6.39. The first kappa shape index (κ1) is 19.6. The molecule has 0 aromatic heterocycles. The van der Waals surface area contributed by atoms with Gasteiger partial charge in [-0.15, -0.1) is 0 Å². The summed E-state index contributed by atoms with van der Waals surface area (Å²) in [7, 11) is 3.69. The molecule has 1 aliphatic rings. The van der Waals surface area contributed by atoms with E-state index in [0.29, 0.717) is 30.4 Å². The van der Waals surface area contributed by atoms with Gasteiger partial charge in [0.2, 0.25) is 0 Å². The lowest BCUT2D eigenvalue weighted by Gasteiger charge is -2.25. The Morgan fingerprint density at radius 2 is 1.71 bits per heavy atom. The third-order valence-electron chi connectivity index (χ3n) is 4.34. The molecule has 7 nitrogen and oxygen atoms in total. The number of hydrogen-bond acceptors (Lipinski definition) is 5. The third kappa shape index (κ3) is 4.77. The average molecular weight is 387 g/mol. The van der Waals surface area contributed by atoms with Crippen LogP contribution in [0.3, 0.4) is 0 Å². The van der Waals surface area contributed by atoms with Crippen molar-refractivity contribution in [3.8, 4) is 11.5 Å². The number of fused-ring (bicyclic) bond motifs is 1. The van der Waals surface area contributed by atoms with Gasteiger partial charge < -0.3 is 25.0 Å². The number of nitrogens with one attached hydrogen (secondary N) is 2. The average Bonchev–Trinajstić information content (AvgIpc) is 2.69. The van der Waals surface area contributed by atoms with Gasteiger partial charge in [0.25, 0.3) is 0 Å². The summed E-state index contributed by atoms with van der Waals surface area (Å²) < 4.78 is 24.0. The van der Waals surface area contributed by atoms with Crippen molar-refractivity contribution in [2.75, 3.05) is 39.2 Å². The summed E-state index contributed by atoms with van der Waals surface area (Å²) >= 11 is 0. The van der Waals surface area contributed by atoms with Crippen LogP contribution in [0, 0.1) is 5.82 Å². The quantitative estimate of drug-likeness (QED) is 0.767. The second-order valence-electron chi connectivity index (χ2n) is 6.55. The Morgan fingerprint density at radius 3 is 2.39 bits per heavy atom. The minimum absolute atomic E-state index is 0.200. The van der Waals surface area contributed by atoms with E-state index in [1.165, 1.54) is 12.1 Å². The fourth-order valence-corrected chi connectivity index (χ4v) is 2.86. The zero-order chi connectivity index (χ0) is 20.1. The molecule has 0 bridgehead atoms. The van der Waals surface area contributed by atoms with E-state index < -0.39 is 11.8 Å². The van der Waals surface area contributed by atoms with Gasteiger partial charge in [0.1, 0.15) is 19.0 Å². The molecule has 0 saturated heterocycles. The summed E-state index contributed by atoms with van der Waals surface area (Å²) in [5.41, 5.74) is 1.27. The molecule has 1 heterocycles. The van der Waals surface area contributed by atoms with E-state index in [1.54, 1.807) is 30.3 Å². The number of anilines is 1. The van der Waals surface area contributed by atoms with Crippen LogP contribution in [0.2, 0.25) is 0 Å². The summed E-state index contributed by atoms with van der Waals surface area (Å²) in [6, 6.07) is 10.8. The second kappa shape index (κ2) is 8.71. The Labute approximate surface area is 162 Å². The number of carbonyl (C=O) groups excluding carboxylic acids is 2. The standard InChI is InChI=1S/C20H22FN3O4/c1-24(2)16(13-3-5-14(21)6-4-13)12-22-19(25)20(26)23-15-7-8-17-18(11-15)28-10-9-27-17/h3-8,11,16H,9-10,12H2,1-2H3,(H,22,25)(H,23,26). The van der Waals surface area contributed by atoms with Gasteiger partial charge in [-0.1, -0.05) is 12.1 Å². The molecule has 2 N–H and O–H groups in total. The molecule has 0 aliphatic carbocycles. The summed E-state index contributed by atoms with van der Waals surface area (Å²) in [6.45, 7) is 1.11. The number of carbonyl (C=O) groups is 2. The van der Waals surface area contributed by atoms with Crippen LogP contribution >= 0.6 is 0 Å². The molecule has 2 amide bonds. The number of likely N-dealkylation sites (N-methyl/N-ethyl adjacent to an activating group) is 1. The summed E-state index contributed by atoms with van der Waals surface area (Å²) in [4.78, 5) is 26.3. The predicted octanol–water partition coefficient (Wildman–Crippen LogP) is 1.95. The molecule has 1 aliphatic heterocycles. The lowest BCUT2D eigenvalue weighted by Crippen LogP contribution is -2.40. The zero-order valence-electron chi connectivity index (χ0n) is 15.7. The van der Waals surface area contributed by atoms with Crippen LogP contribution in [0.25, 0.3) is 0 Å². The maximum absolute atomic E-state index is 13.1. The monoisotopic (exact) mass is 387 g/mol. The molecule has 8 heteroatoms. The van der Waals surface area contributed by atoms with Crippen LogP contribution in [0.5, 0.6) is 11.5 Å². The van der Waals surface area contributed by atoms with Crippen LogP contribution in [-0.2, 0) is 9.59 Å². The number of hydrogen-bond donors (Lipinski definition) is 2. The van der Waals surface area contributed by atoms with Gasteiger partial charge in [-0.25, -0.2) is 4.39 Å². The highest BCUT2D eigenvalue weighted by Crippen LogP contribution is 2.32. The highest BCUT2D eigenvalue weighted by atomic mass is 19.1. The second-order valence-corrected chi connectivity index (χ2v) is 6.55. The molecular formula is C20H22FN3O4.